The fourth-order valence-corrected chi connectivity index (χ4v) is 5.31. The molecule has 0 spiro atoms. The summed E-state index contributed by atoms with van der Waals surface area (Å²) in [5, 5.41) is 16.4. The van der Waals surface area contributed by atoms with E-state index in [2.05, 4.69) is 15.6 Å². The van der Waals surface area contributed by atoms with Gasteiger partial charge in [0, 0.05) is 12.1 Å². The Morgan fingerprint density at radius 2 is 1.86 bits per heavy atom. The van der Waals surface area contributed by atoms with Gasteiger partial charge in [-0.2, -0.15) is 4.98 Å². The molecule has 2 heterocycles. The maximum atomic E-state index is 14.5. The molecule has 1 aromatic carbocycles. The van der Waals surface area contributed by atoms with Gasteiger partial charge in [-0.1, -0.05) is 12.1 Å². The molecule has 0 bridgehead atoms. The van der Waals surface area contributed by atoms with Crippen molar-refractivity contribution in [3.8, 4) is 0 Å². The molecule has 0 saturated heterocycles. The molecule has 2 fully saturated rings. The maximum absolute atomic E-state index is 14.5. The van der Waals surface area contributed by atoms with E-state index < -0.39 is 0 Å². The number of imidazole rings is 1. The lowest BCUT2D eigenvalue weighted by molar-refractivity contribution is -0.149. The summed E-state index contributed by atoms with van der Waals surface area (Å²) in [4.78, 5) is 26.3. The summed E-state index contributed by atoms with van der Waals surface area (Å²) in [6.07, 6.45) is 7.64. The number of aliphatic hydroxyl groups is 1. The second-order valence-electron chi connectivity index (χ2n) is 9.72. The number of nitrogens with one attached hydrogen (secondary N) is 2. The van der Waals surface area contributed by atoms with Crippen LogP contribution in [0.1, 0.15) is 64.3 Å². The lowest BCUT2D eigenvalue weighted by atomic mass is 9.86. The number of carbonyl (C=O) groups excluding carboxylic acids is 1. The molecule has 0 amide bonds. The molecule has 0 radical (unpaired) electrons. The molecule has 2 saturated carbocycles. The summed E-state index contributed by atoms with van der Waals surface area (Å²) in [6.45, 7) is 2.21. The van der Waals surface area contributed by atoms with E-state index in [-0.39, 0.29) is 35.9 Å². The highest BCUT2D eigenvalue weighted by molar-refractivity contribution is 5.77. The Morgan fingerprint density at radius 3 is 2.58 bits per heavy atom. The number of para-hydroxylation sites is 1. The van der Waals surface area contributed by atoms with E-state index in [0.29, 0.717) is 48.2 Å². The molecule has 2 aliphatic carbocycles. The third kappa shape index (κ3) is 5.28. The average molecular weight is 497 g/mol. The molecule has 0 unspecified atom stereocenters. The number of aliphatic hydroxyl groups excluding tert-OH is 1. The number of benzene rings is 1. The molecule has 10 heteroatoms. The first kappa shape index (κ1) is 24.4. The number of fused-ring (bicyclic) bond motifs is 1. The number of carbonyl (C=O) groups is 1. The van der Waals surface area contributed by atoms with Crippen LogP contribution in [0.2, 0.25) is 0 Å². The Labute approximate surface area is 209 Å². The SMILES string of the molecule is CCOC(=O)[C@H]1CC[C@@H](n2c(Nc3ccccc3F)nc3cnc(N[C@H]4CC[C@H](O)CC4)nc32)CC1. The first-order valence-corrected chi connectivity index (χ1v) is 12.9. The van der Waals surface area contributed by atoms with Crippen LogP contribution in [-0.2, 0) is 9.53 Å². The average Bonchev–Trinajstić information content (AvgIpc) is 3.24. The minimum absolute atomic E-state index is 0.0440. The van der Waals surface area contributed by atoms with Crippen molar-refractivity contribution in [3.63, 3.8) is 0 Å². The van der Waals surface area contributed by atoms with Crippen molar-refractivity contribution in [3.05, 3.63) is 36.3 Å². The summed E-state index contributed by atoms with van der Waals surface area (Å²) in [5.41, 5.74) is 1.62. The van der Waals surface area contributed by atoms with Gasteiger partial charge in [-0.15, -0.1) is 0 Å². The van der Waals surface area contributed by atoms with E-state index in [1.165, 1.54) is 6.07 Å². The standard InChI is InChI=1S/C26H33FN6O3/c1-2-36-24(35)16-7-11-18(12-8-16)33-23-22(31-26(33)30-21-6-4-3-5-20(21)27)15-28-25(32-23)29-17-9-13-19(34)14-10-17/h3-6,15-19,34H,2,7-14H2,1H3,(H,30,31)(H,28,29,32)/t16-,17-,18+,19-. The first-order valence-electron chi connectivity index (χ1n) is 12.9. The monoisotopic (exact) mass is 496 g/mol. The Balaban J connectivity index is 1.44. The zero-order valence-electron chi connectivity index (χ0n) is 20.5. The molecule has 5 rings (SSSR count). The van der Waals surface area contributed by atoms with Gasteiger partial charge >= 0.3 is 5.97 Å². The molecule has 2 aromatic heterocycles. The van der Waals surface area contributed by atoms with Gasteiger partial charge in [-0.3, -0.25) is 9.36 Å². The van der Waals surface area contributed by atoms with E-state index >= 15 is 0 Å². The zero-order chi connectivity index (χ0) is 25.1. The first-order chi connectivity index (χ1) is 17.5. The van der Waals surface area contributed by atoms with Crippen LogP contribution in [0, 0.1) is 11.7 Å². The number of rotatable bonds is 7. The van der Waals surface area contributed by atoms with Crippen molar-refractivity contribution in [2.75, 3.05) is 17.2 Å². The molecule has 36 heavy (non-hydrogen) atoms. The number of aromatic nitrogens is 4. The molecule has 9 nitrogen and oxygen atoms in total. The Morgan fingerprint density at radius 1 is 1.11 bits per heavy atom. The van der Waals surface area contributed by atoms with Crippen LogP contribution in [0.4, 0.5) is 22.0 Å². The number of hydrogen-bond donors (Lipinski definition) is 3. The number of hydrogen-bond acceptors (Lipinski definition) is 8. The third-order valence-electron chi connectivity index (χ3n) is 7.26. The molecule has 192 valence electrons. The summed E-state index contributed by atoms with van der Waals surface area (Å²) in [5.74, 6) is 0.412. The number of halogens is 1. The molecule has 2 aliphatic rings. The Bertz CT molecular complexity index is 1200. The van der Waals surface area contributed by atoms with Gasteiger partial charge in [0.25, 0.3) is 0 Å². The minimum atomic E-state index is -0.366. The zero-order valence-corrected chi connectivity index (χ0v) is 20.5. The van der Waals surface area contributed by atoms with Crippen molar-refractivity contribution in [1.82, 2.24) is 19.5 Å². The summed E-state index contributed by atoms with van der Waals surface area (Å²) < 4.78 is 21.7. The quantitative estimate of drug-likeness (QED) is 0.403. The molecule has 3 aromatic rings. The predicted octanol–water partition coefficient (Wildman–Crippen LogP) is 4.72. The van der Waals surface area contributed by atoms with Crippen LogP contribution >= 0.6 is 0 Å². The fourth-order valence-electron chi connectivity index (χ4n) is 5.31. The number of nitrogens with zero attached hydrogens (tertiary/aromatic N) is 4. The van der Waals surface area contributed by atoms with Gasteiger partial charge in [0.1, 0.15) is 11.3 Å². The van der Waals surface area contributed by atoms with Crippen molar-refractivity contribution in [2.45, 2.75) is 76.5 Å². The Kier molecular flexibility index (Phi) is 7.31. The van der Waals surface area contributed by atoms with Gasteiger partial charge in [0.15, 0.2) is 5.65 Å². The highest BCUT2D eigenvalue weighted by Gasteiger charge is 2.31. The second-order valence-corrected chi connectivity index (χ2v) is 9.72. The highest BCUT2D eigenvalue weighted by atomic mass is 19.1. The van der Waals surface area contributed by atoms with Crippen LogP contribution < -0.4 is 10.6 Å². The van der Waals surface area contributed by atoms with E-state index in [1.807, 2.05) is 11.5 Å². The van der Waals surface area contributed by atoms with E-state index in [4.69, 9.17) is 14.7 Å². The van der Waals surface area contributed by atoms with Crippen LogP contribution in [-0.4, -0.2) is 49.3 Å². The topological polar surface area (TPSA) is 114 Å². The minimum Gasteiger partial charge on any atom is -0.466 e. The molecule has 0 atom stereocenters. The van der Waals surface area contributed by atoms with E-state index in [1.54, 1.807) is 24.4 Å². The Hall–Kier alpha value is -3.27. The number of anilines is 3. The van der Waals surface area contributed by atoms with Gasteiger partial charge in [0.2, 0.25) is 11.9 Å². The van der Waals surface area contributed by atoms with E-state index in [0.717, 1.165) is 38.5 Å². The van der Waals surface area contributed by atoms with Gasteiger partial charge < -0.3 is 20.5 Å². The van der Waals surface area contributed by atoms with Crippen molar-refractivity contribution >= 4 is 34.7 Å². The molecular weight excluding hydrogens is 463 g/mol. The predicted molar refractivity (Wildman–Crippen MR) is 135 cm³/mol. The smallest absolute Gasteiger partial charge is 0.308 e. The fraction of sp³-hybridized carbons (Fsp3) is 0.538. The molecular formula is C26H33FN6O3. The second kappa shape index (κ2) is 10.8. The normalized spacial score (nSPS) is 24.4. The van der Waals surface area contributed by atoms with Crippen LogP contribution in [0.5, 0.6) is 0 Å². The summed E-state index contributed by atoms with van der Waals surface area (Å²) in [6, 6.07) is 6.75. The summed E-state index contributed by atoms with van der Waals surface area (Å²) in [7, 11) is 0. The summed E-state index contributed by atoms with van der Waals surface area (Å²) >= 11 is 0. The van der Waals surface area contributed by atoms with Gasteiger partial charge in [-0.25, -0.2) is 14.4 Å². The van der Waals surface area contributed by atoms with Crippen LogP contribution in [0.15, 0.2) is 30.5 Å². The van der Waals surface area contributed by atoms with Crippen LogP contribution in [0.25, 0.3) is 11.2 Å². The van der Waals surface area contributed by atoms with Crippen molar-refractivity contribution < 1.29 is 19.0 Å². The highest BCUT2D eigenvalue weighted by Crippen LogP contribution is 2.37. The maximum Gasteiger partial charge on any atom is 0.308 e. The number of esters is 1. The van der Waals surface area contributed by atoms with E-state index in [9.17, 15) is 14.3 Å². The lowest BCUT2D eigenvalue weighted by Crippen LogP contribution is -2.29. The van der Waals surface area contributed by atoms with Crippen molar-refractivity contribution in [2.24, 2.45) is 5.92 Å². The third-order valence-corrected chi connectivity index (χ3v) is 7.26. The largest absolute Gasteiger partial charge is 0.466 e. The lowest BCUT2D eigenvalue weighted by Gasteiger charge is -2.29. The molecule has 3 N–H and O–H groups in total. The van der Waals surface area contributed by atoms with Gasteiger partial charge in [0.05, 0.1) is 30.5 Å². The van der Waals surface area contributed by atoms with Crippen molar-refractivity contribution in [1.29, 1.82) is 0 Å². The number of ether oxygens (including phenoxy) is 1. The molecule has 0 aliphatic heterocycles. The van der Waals surface area contributed by atoms with Crippen LogP contribution in [0.3, 0.4) is 0 Å². The van der Waals surface area contributed by atoms with Gasteiger partial charge in [-0.05, 0) is 70.4 Å².